The third kappa shape index (κ3) is 3.91. The summed E-state index contributed by atoms with van der Waals surface area (Å²) in [5, 5.41) is 7.94. The van der Waals surface area contributed by atoms with Crippen LogP contribution in [0.5, 0.6) is 0 Å². The van der Waals surface area contributed by atoms with Crippen molar-refractivity contribution in [1.29, 1.82) is 0 Å². The fourth-order valence-electron chi connectivity index (χ4n) is 2.32. The topological polar surface area (TPSA) is 29.9 Å². The zero-order chi connectivity index (χ0) is 15.6. The van der Waals surface area contributed by atoms with Crippen molar-refractivity contribution in [3.05, 3.63) is 47.5 Å². The van der Waals surface area contributed by atoms with Crippen LogP contribution in [-0.4, -0.2) is 15.3 Å². The molecule has 2 aromatic rings. The summed E-state index contributed by atoms with van der Waals surface area (Å²) in [5.74, 6) is 0.0691. The first kappa shape index (κ1) is 15.7. The van der Waals surface area contributed by atoms with Crippen LogP contribution >= 0.6 is 0 Å². The maximum atomic E-state index is 13.4. The summed E-state index contributed by atoms with van der Waals surface area (Å²) in [6, 6.07) is 6.55. The van der Waals surface area contributed by atoms with Crippen molar-refractivity contribution in [2.75, 3.05) is 0 Å². The van der Waals surface area contributed by atoms with E-state index in [1.807, 2.05) is 16.9 Å². The smallest absolute Gasteiger partial charge is 0.125 e. The van der Waals surface area contributed by atoms with Crippen molar-refractivity contribution in [3.8, 4) is 5.69 Å². The van der Waals surface area contributed by atoms with E-state index in [1.165, 1.54) is 12.1 Å². The first-order valence-electron chi connectivity index (χ1n) is 7.35. The van der Waals surface area contributed by atoms with Crippen molar-refractivity contribution in [1.82, 2.24) is 15.1 Å². The van der Waals surface area contributed by atoms with E-state index in [0.29, 0.717) is 5.92 Å². The molecule has 0 atom stereocenters. The molecule has 0 spiro atoms. The summed E-state index contributed by atoms with van der Waals surface area (Å²) >= 11 is 0. The molecule has 0 bridgehead atoms. The van der Waals surface area contributed by atoms with Crippen LogP contribution in [0.3, 0.4) is 0 Å². The molecule has 114 valence electrons. The number of nitrogens with one attached hydrogen (secondary N) is 1. The largest absolute Gasteiger partial charge is 0.308 e. The number of hydrogen-bond acceptors (Lipinski definition) is 2. The molecule has 4 heteroatoms. The van der Waals surface area contributed by atoms with E-state index < -0.39 is 0 Å². The Balaban J connectivity index is 2.37. The number of nitrogens with zero attached hydrogens (tertiary/aromatic N) is 2. The molecular formula is C17H24FN3. The van der Waals surface area contributed by atoms with Gasteiger partial charge in [-0.3, -0.25) is 0 Å². The van der Waals surface area contributed by atoms with E-state index in [1.54, 1.807) is 6.07 Å². The van der Waals surface area contributed by atoms with Gasteiger partial charge in [0.05, 0.1) is 17.6 Å². The number of benzene rings is 1. The quantitative estimate of drug-likeness (QED) is 0.921. The van der Waals surface area contributed by atoms with Gasteiger partial charge in [-0.2, -0.15) is 5.10 Å². The van der Waals surface area contributed by atoms with Crippen molar-refractivity contribution in [2.45, 2.75) is 52.6 Å². The van der Waals surface area contributed by atoms with E-state index in [4.69, 9.17) is 0 Å². The molecule has 0 radical (unpaired) electrons. The van der Waals surface area contributed by atoms with Crippen molar-refractivity contribution < 1.29 is 4.39 Å². The maximum Gasteiger partial charge on any atom is 0.125 e. The van der Waals surface area contributed by atoms with Gasteiger partial charge >= 0.3 is 0 Å². The van der Waals surface area contributed by atoms with Gasteiger partial charge < -0.3 is 5.32 Å². The summed E-state index contributed by atoms with van der Waals surface area (Å²) < 4.78 is 15.3. The summed E-state index contributed by atoms with van der Waals surface area (Å²) in [4.78, 5) is 0. The zero-order valence-corrected chi connectivity index (χ0v) is 13.4. The van der Waals surface area contributed by atoms with E-state index in [-0.39, 0.29) is 11.4 Å². The van der Waals surface area contributed by atoms with Gasteiger partial charge in [-0.15, -0.1) is 0 Å². The SMILES string of the molecule is CC(C)c1c(CNC(C)(C)C)cnn1-c1cccc(F)c1. The fraction of sp³-hybridized carbons (Fsp3) is 0.471. The molecule has 1 N–H and O–H groups in total. The summed E-state index contributed by atoms with van der Waals surface area (Å²) in [7, 11) is 0. The molecule has 1 aromatic carbocycles. The highest BCUT2D eigenvalue weighted by Crippen LogP contribution is 2.23. The lowest BCUT2D eigenvalue weighted by molar-refractivity contribution is 0.423. The first-order valence-corrected chi connectivity index (χ1v) is 7.35. The Morgan fingerprint density at radius 2 is 2.00 bits per heavy atom. The van der Waals surface area contributed by atoms with Crippen molar-refractivity contribution in [3.63, 3.8) is 0 Å². The minimum Gasteiger partial charge on any atom is -0.308 e. The number of halogens is 1. The number of hydrogen-bond donors (Lipinski definition) is 1. The molecule has 3 nitrogen and oxygen atoms in total. The third-order valence-corrected chi connectivity index (χ3v) is 3.30. The second-order valence-electron chi connectivity index (χ2n) is 6.70. The Labute approximate surface area is 126 Å². The van der Waals surface area contributed by atoms with Crippen LogP contribution in [0.25, 0.3) is 5.69 Å². The molecule has 21 heavy (non-hydrogen) atoms. The van der Waals surface area contributed by atoms with Gasteiger partial charge in [0.15, 0.2) is 0 Å². The van der Waals surface area contributed by atoms with Crippen LogP contribution in [0.2, 0.25) is 0 Å². The van der Waals surface area contributed by atoms with E-state index in [9.17, 15) is 4.39 Å². The molecule has 0 fully saturated rings. The second-order valence-corrected chi connectivity index (χ2v) is 6.70. The molecule has 0 aliphatic heterocycles. The highest BCUT2D eigenvalue weighted by Gasteiger charge is 2.17. The van der Waals surface area contributed by atoms with Crippen molar-refractivity contribution >= 4 is 0 Å². The van der Waals surface area contributed by atoms with Gasteiger partial charge in [0.25, 0.3) is 0 Å². The molecule has 0 saturated carbocycles. The van der Waals surface area contributed by atoms with Crippen LogP contribution in [0.15, 0.2) is 30.5 Å². The van der Waals surface area contributed by atoms with E-state index >= 15 is 0 Å². The average molecular weight is 289 g/mol. The number of rotatable bonds is 4. The van der Waals surface area contributed by atoms with Gasteiger partial charge in [0, 0.05) is 17.6 Å². The number of aromatic nitrogens is 2. The zero-order valence-electron chi connectivity index (χ0n) is 13.4. The van der Waals surface area contributed by atoms with E-state index in [0.717, 1.165) is 23.5 Å². The van der Waals surface area contributed by atoms with Crippen LogP contribution in [0.1, 0.15) is 51.8 Å². The molecule has 0 aliphatic rings. The van der Waals surface area contributed by atoms with Crippen LogP contribution < -0.4 is 5.32 Å². The molecule has 0 saturated heterocycles. The summed E-state index contributed by atoms with van der Waals surface area (Å²) in [5.41, 5.74) is 3.09. The standard InChI is InChI=1S/C17H24FN3/c1-12(2)16-13(10-19-17(3,4)5)11-20-21(16)15-8-6-7-14(18)9-15/h6-9,11-12,19H,10H2,1-5H3. The summed E-state index contributed by atoms with van der Waals surface area (Å²) in [6.07, 6.45) is 1.87. The average Bonchev–Trinajstić information content (AvgIpc) is 2.79. The molecule has 0 unspecified atom stereocenters. The molecule has 0 aliphatic carbocycles. The molecular weight excluding hydrogens is 265 g/mol. The van der Waals surface area contributed by atoms with Gasteiger partial charge in [-0.25, -0.2) is 9.07 Å². The molecule has 2 rings (SSSR count). The molecule has 0 amide bonds. The summed E-state index contributed by atoms with van der Waals surface area (Å²) in [6.45, 7) is 11.4. The van der Waals surface area contributed by atoms with Crippen LogP contribution in [-0.2, 0) is 6.54 Å². The predicted octanol–water partition coefficient (Wildman–Crippen LogP) is 4.02. The Kier molecular flexibility index (Phi) is 4.47. The van der Waals surface area contributed by atoms with E-state index in [2.05, 4.69) is 45.0 Å². The highest BCUT2D eigenvalue weighted by atomic mass is 19.1. The first-order chi connectivity index (χ1) is 9.78. The Hall–Kier alpha value is -1.68. The Bertz CT molecular complexity index is 609. The Morgan fingerprint density at radius 3 is 2.57 bits per heavy atom. The Morgan fingerprint density at radius 1 is 1.29 bits per heavy atom. The van der Waals surface area contributed by atoms with Crippen molar-refractivity contribution in [2.24, 2.45) is 0 Å². The normalized spacial score (nSPS) is 12.1. The lowest BCUT2D eigenvalue weighted by atomic mass is 10.0. The second kappa shape index (κ2) is 5.98. The monoisotopic (exact) mass is 289 g/mol. The van der Waals surface area contributed by atoms with Gasteiger partial charge in [-0.1, -0.05) is 19.9 Å². The minimum absolute atomic E-state index is 0.0508. The lowest BCUT2D eigenvalue weighted by Crippen LogP contribution is -2.35. The molecule has 1 heterocycles. The minimum atomic E-state index is -0.243. The predicted molar refractivity (Wildman–Crippen MR) is 84.2 cm³/mol. The van der Waals surface area contributed by atoms with Crippen LogP contribution in [0, 0.1) is 5.82 Å². The van der Waals surface area contributed by atoms with Gasteiger partial charge in [-0.05, 0) is 44.9 Å². The van der Waals surface area contributed by atoms with Crippen LogP contribution in [0.4, 0.5) is 4.39 Å². The maximum absolute atomic E-state index is 13.4. The van der Waals surface area contributed by atoms with Gasteiger partial charge in [0.1, 0.15) is 5.82 Å². The third-order valence-electron chi connectivity index (χ3n) is 3.30. The lowest BCUT2D eigenvalue weighted by Gasteiger charge is -2.21. The fourth-order valence-corrected chi connectivity index (χ4v) is 2.32. The molecule has 1 aromatic heterocycles. The van der Waals surface area contributed by atoms with Gasteiger partial charge in [0.2, 0.25) is 0 Å². The highest BCUT2D eigenvalue weighted by molar-refractivity contribution is 5.36.